The molecule has 0 N–H and O–H groups in total. The van der Waals surface area contributed by atoms with Crippen molar-refractivity contribution in [3.05, 3.63) is 150 Å². The van der Waals surface area contributed by atoms with Gasteiger partial charge < -0.3 is 9.13 Å². The van der Waals surface area contributed by atoms with Gasteiger partial charge in [0.05, 0.1) is 27.7 Å². The van der Waals surface area contributed by atoms with Crippen molar-refractivity contribution in [2.45, 2.75) is 0 Å². The Labute approximate surface area is 214 Å². The predicted octanol–water partition coefficient (Wildman–Crippen LogP) is 8.18. The summed E-state index contributed by atoms with van der Waals surface area (Å²) in [5, 5.41) is 11.3. The van der Waals surface area contributed by atoms with Crippen LogP contribution in [0.5, 0.6) is 0 Å². The third-order valence-electron chi connectivity index (χ3n) is 6.50. The average Bonchev–Trinajstić information content (AvgIpc) is 3.59. The number of aromatic nitrogens is 2. The molecule has 5 nitrogen and oxygen atoms in total. The average molecular weight is 482 g/mol. The molecule has 0 aliphatic heterocycles. The summed E-state index contributed by atoms with van der Waals surface area (Å²) in [7, 11) is 0. The molecule has 0 spiro atoms. The van der Waals surface area contributed by atoms with Crippen molar-refractivity contribution in [2.24, 2.45) is 0 Å². The van der Waals surface area contributed by atoms with Crippen LogP contribution in [0.1, 0.15) is 0 Å². The highest BCUT2D eigenvalue weighted by molar-refractivity contribution is 5.77. The second-order valence-electron chi connectivity index (χ2n) is 8.72. The molecule has 6 aromatic rings. The van der Waals surface area contributed by atoms with E-state index < -0.39 is 0 Å². The molecule has 0 atom stereocenters. The molecule has 0 bridgehead atoms. The van der Waals surface area contributed by atoms with E-state index in [1.54, 1.807) is 12.1 Å². The zero-order valence-electron chi connectivity index (χ0n) is 19.9. The van der Waals surface area contributed by atoms with Gasteiger partial charge in [0.15, 0.2) is 0 Å². The topological polar surface area (TPSA) is 53.0 Å². The molecule has 0 aliphatic rings. The minimum absolute atomic E-state index is 0.0674. The molecule has 6 rings (SSSR count). The third-order valence-corrected chi connectivity index (χ3v) is 6.50. The number of rotatable bonds is 6. The van der Waals surface area contributed by atoms with Crippen LogP contribution in [0.15, 0.2) is 140 Å². The van der Waals surface area contributed by atoms with Gasteiger partial charge in [0, 0.05) is 23.5 Å². The van der Waals surface area contributed by atoms with Gasteiger partial charge in [-0.2, -0.15) is 0 Å². The molecule has 2 aromatic heterocycles. The number of nitrogens with zero attached hydrogens (tertiary/aromatic N) is 3. The fraction of sp³-hybridized carbons (Fsp3) is 0. The van der Waals surface area contributed by atoms with Gasteiger partial charge in [-0.25, -0.2) is 0 Å². The van der Waals surface area contributed by atoms with Crippen molar-refractivity contribution in [3.8, 4) is 45.3 Å². The standard InChI is InChI=1S/C32H23N3O2/c36-35(37)28-18-16-27(17-19-28)34-30(25-12-6-2-7-13-25)21-23-32(34)31-22-20-29(24-10-4-1-5-11-24)33(31)26-14-8-3-9-15-26/h1-23H. The summed E-state index contributed by atoms with van der Waals surface area (Å²) >= 11 is 0. The number of para-hydroxylation sites is 1. The van der Waals surface area contributed by atoms with Gasteiger partial charge in [-0.1, -0.05) is 78.9 Å². The molecule has 0 amide bonds. The van der Waals surface area contributed by atoms with Crippen LogP contribution in [0.2, 0.25) is 0 Å². The van der Waals surface area contributed by atoms with E-state index in [4.69, 9.17) is 0 Å². The maximum atomic E-state index is 11.3. The normalized spacial score (nSPS) is 10.9. The highest BCUT2D eigenvalue weighted by Gasteiger charge is 2.20. The van der Waals surface area contributed by atoms with Gasteiger partial charge >= 0.3 is 0 Å². The fourth-order valence-corrected chi connectivity index (χ4v) is 4.80. The highest BCUT2D eigenvalue weighted by atomic mass is 16.6. The monoisotopic (exact) mass is 481 g/mol. The van der Waals surface area contributed by atoms with E-state index in [1.165, 1.54) is 0 Å². The number of nitro benzene ring substituents is 1. The van der Waals surface area contributed by atoms with Crippen LogP contribution in [0, 0.1) is 10.1 Å². The Morgan fingerprint density at radius 1 is 0.432 bits per heavy atom. The molecule has 0 saturated carbocycles. The van der Waals surface area contributed by atoms with Gasteiger partial charge in [-0.15, -0.1) is 0 Å². The molecule has 0 unspecified atom stereocenters. The van der Waals surface area contributed by atoms with Crippen LogP contribution in [0.3, 0.4) is 0 Å². The first-order valence-electron chi connectivity index (χ1n) is 12.1. The number of nitro groups is 1. The molecule has 5 heteroatoms. The molecule has 0 radical (unpaired) electrons. The molecule has 0 fully saturated rings. The van der Waals surface area contributed by atoms with Crippen molar-refractivity contribution in [2.75, 3.05) is 0 Å². The molecular formula is C32H23N3O2. The van der Waals surface area contributed by atoms with Crippen LogP contribution >= 0.6 is 0 Å². The number of hydrogen-bond donors (Lipinski definition) is 0. The van der Waals surface area contributed by atoms with Crippen molar-refractivity contribution in [3.63, 3.8) is 0 Å². The van der Waals surface area contributed by atoms with Gasteiger partial charge in [0.2, 0.25) is 0 Å². The summed E-state index contributed by atoms with van der Waals surface area (Å²) in [5.41, 5.74) is 8.25. The van der Waals surface area contributed by atoms with E-state index in [0.29, 0.717) is 0 Å². The predicted molar refractivity (Wildman–Crippen MR) is 148 cm³/mol. The first kappa shape index (κ1) is 22.3. The van der Waals surface area contributed by atoms with Crippen LogP contribution in [0.4, 0.5) is 5.69 Å². The SMILES string of the molecule is O=[N+]([O-])c1ccc(-n2c(-c3ccccc3)ccc2-c2ccc(-c3ccccc3)n2-c2ccccc2)cc1. The lowest BCUT2D eigenvalue weighted by Crippen LogP contribution is -2.04. The number of non-ortho nitro benzene ring substituents is 1. The molecule has 178 valence electrons. The smallest absolute Gasteiger partial charge is 0.269 e. The van der Waals surface area contributed by atoms with E-state index in [2.05, 4.69) is 69.8 Å². The minimum Gasteiger partial charge on any atom is -0.308 e. The first-order valence-corrected chi connectivity index (χ1v) is 12.1. The number of benzene rings is 4. The van der Waals surface area contributed by atoms with E-state index >= 15 is 0 Å². The molecule has 4 aromatic carbocycles. The maximum absolute atomic E-state index is 11.3. The van der Waals surface area contributed by atoms with E-state index in [1.807, 2.05) is 66.7 Å². The Morgan fingerprint density at radius 3 is 1.24 bits per heavy atom. The van der Waals surface area contributed by atoms with Crippen molar-refractivity contribution < 1.29 is 4.92 Å². The zero-order chi connectivity index (χ0) is 25.2. The number of hydrogen-bond acceptors (Lipinski definition) is 2. The minimum atomic E-state index is -0.370. The van der Waals surface area contributed by atoms with E-state index in [9.17, 15) is 10.1 Å². The van der Waals surface area contributed by atoms with Crippen LogP contribution in [0.25, 0.3) is 45.3 Å². The summed E-state index contributed by atoms with van der Waals surface area (Å²) in [6, 6.07) is 46.1. The largest absolute Gasteiger partial charge is 0.308 e. The fourth-order valence-electron chi connectivity index (χ4n) is 4.80. The first-order chi connectivity index (χ1) is 18.2. The van der Waals surface area contributed by atoms with Crippen LogP contribution < -0.4 is 0 Å². The Morgan fingerprint density at radius 2 is 0.811 bits per heavy atom. The van der Waals surface area contributed by atoms with Crippen LogP contribution in [-0.4, -0.2) is 14.1 Å². The molecule has 0 saturated heterocycles. The quantitative estimate of drug-likeness (QED) is 0.178. The van der Waals surface area contributed by atoms with Crippen molar-refractivity contribution in [1.82, 2.24) is 9.13 Å². The lowest BCUT2D eigenvalue weighted by Gasteiger charge is -2.18. The van der Waals surface area contributed by atoms with Crippen molar-refractivity contribution >= 4 is 5.69 Å². The van der Waals surface area contributed by atoms with Gasteiger partial charge in [0.25, 0.3) is 5.69 Å². The Kier molecular flexibility index (Phi) is 5.71. The zero-order valence-corrected chi connectivity index (χ0v) is 19.9. The third kappa shape index (κ3) is 4.13. The maximum Gasteiger partial charge on any atom is 0.269 e. The summed E-state index contributed by atoms with van der Waals surface area (Å²) in [6.45, 7) is 0. The lowest BCUT2D eigenvalue weighted by atomic mass is 10.1. The highest BCUT2D eigenvalue weighted by Crippen LogP contribution is 2.37. The van der Waals surface area contributed by atoms with E-state index in [-0.39, 0.29) is 10.6 Å². The van der Waals surface area contributed by atoms with Gasteiger partial charge in [-0.05, 0) is 59.7 Å². The molecular weight excluding hydrogens is 458 g/mol. The summed E-state index contributed by atoms with van der Waals surface area (Å²) in [4.78, 5) is 10.9. The Bertz CT molecular complexity index is 1670. The van der Waals surface area contributed by atoms with Gasteiger partial charge in [0.1, 0.15) is 0 Å². The second kappa shape index (κ2) is 9.47. The van der Waals surface area contributed by atoms with Crippen LogP contribution in [-0.2, 0) is 0 Å². The Balaban J connectivity index is 1.62. The molecule has 37 heavy (non-hydrogen) atoms. The summed E-state index contributed by atoms with van der Waals surface area (Å²) < 4.78 is 4.43. The summed E-state index contributed by atoms with van der Waals surface area (Å²) in [5.74, 6) is 0. The lowest BCUT2D eigenvalue weighted by molar-refractivity contribution is -0.384. The molecule has 0 aliphatic carbocycles. The van der Waals surface area contributed by atoms with Gasteiger partial charge in [-0.3, -0.25) is 10.1 Å². The molecule has 2 heterocycles. The van der Waals surface area contributed by atoms with E-state index in [0.717, 1.165) is 45.3 Å². The summed E-state index contributed by atoms with van der Waals surface area (Å²) in [6.07, 6.45) is 0. The van der Waals surface area contributed by atoms with Crippen molar-refractivity contribution in [1.29, 1.82) is 0 Å². The second-order valence-corrected chi connectivity index (χ2v) is 8.72. The Hall–Kier alpha value is -5.16.